The van der Waals surface area contributed by atoms with Gasteiger partial charge < -0.3 is 20.1 Å². The minimum atomic E-state index is -0.656. The fraction of sp³-hybridized carbons (Fsp3) is 0.0870. The van der Waals surface area contributed by atoms with E-state index in [1.807, 2.05) is 18.2 Å². The number of esters is 1. The molecule has 0 fully saturated rings. The highest BCUT2D eigenvalue weighted by Gasteiger charge is 2.18. The van der Waals surface area contributed by atoms with Crippen LogP contribution >= 0.6 is 11.8 Å². The Balaban J connectivity index is 1.36. The third kappa shape index (κ3) is 5.23. The zero-order chi connectivity index (χ0) is 21.6. The normalized spacial score (nSPS) is 12.3. The SMILES string of the molecule is O=C(COC(=O)c1ccc2c(c1)NC(=O)CS2)Nc1ccccc1Oc1ccccc1. The summed E-state index contributed by atoms with van der Waals surface area (Å²) in [5.41, 5.74) is 1.27. The number of fused-ring (bicyclic) bond motifs is 1. The third-order valence-electron chi connectivity index (χ3n) is 4.31. The average molecular weight is 434 g/mol. The first-order valence-electron chi connectivity index (χ1n) is 9.44. The Morgan fingerprint density at radius 2 is 1.77 bits per heavy atom. The molecule has 3 aromatic rings. The lowest BCUT2D eigenvalue weighted by Gasteiger charge is -2.16. The monoisotopic (exact) mass is 434 g/mol. The fourth-order valence-corrected chi connectivity index (χ4v) is 3.67. The van der Waals surface area contributed by atoms with Crippen LogP contribution < -0.4 is 15.4 Å². The first-order valence-corrected chi connectivity index (χ1v) is 10.4. The number of hydrogen-bond acceptors (Lipinski definition) is 6. The number of benzene rings is 3. The standard InChI is InChI=1S/C23H18N2O5S/c26-21(24-17-8-4-5-9-19(17)30-16-6-2-1-3-7-16)13-29-23(28)15-10-11-20-18(12-15)25-22(27)14-31-20/h1-12H,13-14H2,(H,24,26)(H,25,27). The quantitative estimate of drug-likeness (QED) is 0.561. The van der Waals surface area contributed by atoms with Crippen LogP contribution in [0, 0.1) is 0 Å². The molecule has 1 aliphatic rings. The maximum absolute atomic E-state index is 12.3. The van der Waals surface area contributed by atoms with Gasteiger partial charge in [-0.05, 0) is 42.5 Å². The second-order valence-corrected chi connectivity index (χ2v) is 7.60. The van der Waals surface area contributed by atoms with Crippen molar-refractivity contribution >= 4 is 40.9 Å². The Kier molecular flexibility index (Phi) is 6.18. The summed E-state index contributed by atoms with van der Waals surface area (Å²) in [5, 5.41) is 5.41. The van der Waals surface area contributed by atoms with Gasteiger partial charge in [-0.25, -0.2) is 4.79 Å². The molecule has 156 valence electrons. The molecule has 2 N–H and O–H groups in total. The van der Waals surface area contributed by atoms with Crippen LogP contribution in [-0.4, -0.2) is 30.1 Å². The molecule has 0 unspecified atom stereocenters. The highest BCUT2D eigenvalue weighted by Crippen LogP contribution is 2.32. The number of ether oxygens (including phenoxy) is 2. The van der Waals surface area contributed by atoms with Crippen molar-refractivity contribution in [2.75, 3.05) is 23.0 Å². The minimum absolute atomic E-state index is 0.126. The van der Waals surface area contributed by atoms with Gasteiger partial charge in [0.2, 0.25) is 5.91 Å². The number of carbonyl (C=O) groups excluding carboxylic acids is 3. The van der Waals surface area contributed by atoms with E-state index in [4.69, 9.17) is 9.47 Å². The summed E-state index contributed by atoms with van der Waals surface area (Å²) in [6.07, 6.45) is 0. The van der Waals surface area contributed by atoms with Crippen molar-refractivity contribution in [2.45, 2.75) is 4.90 Å². The Morgan fingerprint density at radius 3 is 2.61 bits per heavy atom. The fourth-order valence-electron chi connectivity index (χ4n) is 2.89. The smallest absolute Gasteiger partial charge is 0.338 e. The summed E-state index contributed by atoms with van der Waals surface area (Å²) in [7, 11) is 0. The Morgan fingerprint density at radius 1 is 1.00 bits per heavy atom. The molecule has 0 bridgehead atoms. The van der Waals surface area contributed by atoms with Crippen LogP contribution in [0.25, 0.3) is 0 Å². The molecule has 0 aliphatic carbocycles. The van der Waals surface area contributed by atoms with Gasteiger partial charge in [-0.3, -0.25) is 9.59 Å². The van der Waals surface area contributed by atoms with E-state index >= 15 is 0 Å². The summed E-state index contributed by atoms with van der Waals surface area (Å²) >= 11 is 1.40. The highest BCUT2D eigenvalue weighted by molar-refractivity contribution is 8.00. The largest absolute Gasteiger partial charge is 0.455 e. The zero-order valence-corrected chi connectivity index (χ0v) is 17.1. The van der Waals surface area contributed by atoms with Crippen LogP contribution in [0.2, 0.25) is 0 Å². The molecule has 0 saturated carbocycles. The number of hydrogen-bond donors (Lipinski definition) is 2. The molecule has 7 nitrogen and oxygen atoms in total. The summed E-state index contributed by atoms with van der Waals surface area (Å²) in [6.45, 7) is -0.462. The first kappa shape index (κ1) is 20.5. The lowest BCUT2D eigenvalue weighted by atomic mass is 10.2. The Bertz CT molecular complexity index is 1130. The summed E-state index contributed by atoms with van der Waals surface area (Å²) in [6, 6.07) is 21.1. The lowest BCUT2D eigenvalue weighted by molar-refractivity contribution is -0.119. The number of carbonyl (C=O) groups is 3. The number of nitrogens with one attached hydrogen (secondary N) is 2. The molecule has 1 heterocycles. The van der Waals surface area contributed by atoms with Crippen molar-refractivity contribution in [3.63, 3.8) is 0 Å². The molecule has 1 aliphatic heterocycles. The van der Waals surface area contributed by atoms with Gasteiger partial charge in [0.25, 0.3) is 5.91 Å². The summed E-state index contributed by atoms with van der Waals surface area (Å²) < 4.78 is 10.9. The predicted octanol–water partition coefficient (Wildman–Crippen LogP) is 4.32. The van der Waals surface area contributed by atoms with E-state index in [2.05, 4.69) is 10.6 Å². The molecule has 0 radical (unpaired) electrons. The maximum atomic E-state index is 12.3. The molecule has 8 heteroatoms. The molecular weight excluding hydrogens is 416 g/mol. The second kappa shape index (κ2) is 9.36. The molecule has 3 aromatic carbocycles. The molecule has 0 atom stereocenters. The molecule has 4 rings (SSSR count). The van der Waals surface area contributed by atoms with Crippen LogP contribution in [0.1, 0.15) is 10.4 Å². The van der Waals surface area contributed by atoms with E-state index in [-0.39, 0.29) is 11.5 Å². The van der Waals surface area contributed by atoms with E-state index in [1.54, 1.807) is 54.6 Å². The summed E-state index contributed by atoms with van der Waals surface area (Å²) in [4.78, 5) is 37.1. The number of amides is 2. The van der Waals surface area contributed by atoms with Gasteiger partial charge in [0, 0.05) is 4.90 Å². The number of anilines is 2. The van der Waals surface area contributed by atoms with Crippen molar-refractivity contribution in [3.05, 3.63) is 78.4 Å². The van der Waals surface area contributed by atoms with Crippen LogP contribution in [0.15, 0.2) is 77.7 Å². The molecule has 0 spiro atoms. The number of para-hydroxylation sites is 3. The van der Waals surface area contributed by atoms with Gasteiger partial charge >= 0.3 is 5.97 Å². The van der Waals surface area contributed by atoms with Crippen LogP contribution in [0.4, 0.5) is 11.4 Å². The van der Waals surface area contributed by atoms with Gasteiger partial charge in [-0.15, -0.1) is 11.8 Å². The van der Waals surface area contributed by atoms with E-state index in [9.17, 15) is 14.4 Å². The predicted molar refractivity (Wildman–Crippen MR) is 118 cm³/mol. The number of thioether (sulfide) groups is 1. The van der Waals surface area contributed by atoms with Crippen molar-refractivity contribution in [1.29, 1.82) is 0 Å². The van der Waals surface area contributed by atoms with Crippen LogP contribution in [0.5, 0.6) is 11.5 Å². The van der Waals surface area contributed by atoms with E-state index in [1.165, 1.54) is 11.8 Å². The van der Waals surface area contributed by atoms with Crippen molar-refractivity contribution in [1.82, 2.24) is 0 Å². The van der Waals surface area contributed by atoms with Gasteiger partial charge in [0.05, 0.1) is 22.7 Å². The van der Waals surface area contributed by atoms with E-state index < -0.39 is 18.5 Å². The lowest BCUT2D eigenvalue weighted by Crippen LogP contribution is -2.22. The minimum Gasteiger partial charge on any atom is -0.455 e. The molecule has 31 heavy (non-hydrogen) atoms. The van der Waals surface area contributed by atoms with Gasteiger partial charge in [0.1, 0.15) is 5.75 Å². The third-order valence-corrected chi connectivity index (χ3v) is 5.39. The van der Waals surface area contributed by atoms with Crippen LogP contribution in [0.3, 0.4) is 0 Å². The zero-order valence-electron chi connectivity index (χ0n) is 16.3. The molecule has 0 saturated heterocycles. The van der Waals surface area contributed by atoms with Crippen molar-refractivity contribution in [2.24, 2.45) is 0 Å². The summed E-state index contributed by atoms with van der Waals surface area (Å²) in [5.74, 6) is 0.158. The number of rotatable bonds is 6. The van der Waals surface area contributed by atoms with E-state index in [0.29, 0.717) is 28.6 Å². The first-order chi connectivity index (χ1) is 15.1. The van der Waals surface area contributed by atoms with Gasteiger partial charge in [-0.2, -0.15) is 0 Å². The molecule has 2 amide bonds. The molecular formula is C23H18N2O5S. The van der Waals surface area contributed by atoms with Crippen LogP contribution in [-0.2, 0) is 14.3 Å². The van der Waals surface area contributed by atoms with Crippen molar-refractivity contribution in [3.8, 4) is 11.5 Å². The Labute approximate surface area is 182 Å². The topological polar surface area (TPSA) is 93.7 Å². The highest BCUT2D eigenvalue weighted by atomic mass is 32.2. The van der Waals surface area contributed by atoms with Crippen molar-refractivity contribution < 1.29 is 23.9 Å². The molecule has 0 aromatic heterocycles. The Hall–Kier alpha value is -3.78. The van der Waals surface area contributed by atoms with E-state index in [0.717, 1.165) is 4.90 Å². The second-order valence-electron chi connectivity index (χ2n) is 6.58. The van der Waals surface area contributed by atoms with Gasteiger partial charge in [0.15, 0.2) is 12.4 Å². The van der Waals surface area contributed by atoms with Gasteiger partial charge in [-0.1, -0.05) is 30.3 Å². The average Bonchev–Trinajstić information content (AvgIpc) is 2.79. The maximum Gasteiger partial charge on any atom is 0.338 e.